The Morgan fingerprint density at radius 3 is 1.45 bits per heavy atom. The van der Waals surface area contributed by atoms with Gasteiger partial charge in [0.25, 0.3) is 0 Å². The van der Waals surface area contributed by atoms with Gasteiger partial charge in [0.1, 0.15) is 0 Å². The third-order valence-electron chi connectivity index (χ3n) is 3.10. The van der Waals surface area contributed by atoms with Crippen LogP contribution in [0.3, 0.4) is 0 Å². The fourth-order valence-corrected chi connectivity index (χ4v) is 1.92. The van der Waals surface area contributed by atoms with Gasteiger partial charge >= 0.3 is 41.6 Å². The van der Waals surface area contributed by atoms with Gasteiger partial charge in [0, 0.05) is 0 Å². The average Bonchev–Trinajstić information content (AvgIpc) is 3.16. The van der Waals surface area contributed by atoms with Crippen LogP contribution < -0.4 is 0 Å². The molecule has 0 unspecified atom stereocenters. The second-order valence-electron chi connectivity index (χ2n) is 5.79. The van der Waals surface area contributed by atoms with Gasteiger partial charge in [0.15, 0.2) is 0 Å². The van der Waals surface area contributed by atoms with Crippen LogP contribution in [0.4, 0.5) is 0 Å². The summed E-state index contributed by atoms with van der Waals surface area (Å²) in [5, 5.41) is 0. The Balaban J connectivity index is 0.000000326. The molecule has 2 aromatic rings. The molecule has 0 radical (unpaired) electrons. The SMILES string of the molecule is CCCCc1cc[cH-]c1.CCCCc1cc[cH-]c1.C[Si](C)=[Hf+2]. The second kappa shape index (κ2) is 15.7. The van der Waals surface area contributed by atoms with Crippen LogP contribution in [0.15, 0.2) is 48.5 Å². The molecule has 0 spiro atoms. The fourth-order valence-electron chi connectivity index (χ4n) is 1.92. The first kappa shape index (κ1) is 21.8. The van der Waals surface area contributed by atoms with Crippen molar-refractivity contribution in [3.8, 4) is 0 Å². The van der Waals surface area contributed by atoms with E-state index in [1.54, 1.807) is 0 Å². The topological polar surface area (TPSA) is 0 Å². The molecule has 0 saturated carbocycles. The summed E-state index contributed by atoms with van der Waals surface area (Å²) in [5.41, 5.74) is 3.23. The molecule has 2 aromatic carbocycles. The quantitative estimate of drug-likeness (QED) is 0.338. The fraction of sp³-hybridized carbons (Fsp3) is 0.500. The standard InChI is InChI=1S/2C9H13.C2H6Si.Hf/c2*1-2-3-6-9-7-4-5-8-9;1-3-2;/h2*4-5,7-8H,2-3,6H2,1H3;1-2H3;/q2*-1;;+2. The molecule has 0 saturated heterocycles. The minimum absolute atomic E-state index is 0.259. The van der Waals surface area contributed by atoms with E-state index in [2.05, 4.69) is 75.5 Å². The summed E-state index contributed by atoms with van der Waals surface area (Å²) in [4.78, 5) is 0. The van der Waals surface area contributed by atoms with Gasteiger partial charge in [0.05, 0.1) is 0 Å². The van der Waals surface area contributed by atoms with E-state index in [-0.39, 0.29) is 5.49 Å². The van der Waals surface area contributed by atoms with Crippen molar-refractivity contribution in [2.45, 2.75) is 65.5 Å². The summed E-state index contributed by atoms with van der Waals surface area (Å²) in [5.74, 6) is 0. The summed E-state index contributed by atoms with van der Waals surface area (Å²) in [6, 6.07) is 17.2. The molecule has 0 aromatic heterocycles. The zero-order valence-electron chi connectivity index (χ0n) is 14.9. The number of unbranched alkanes of at least 4 members (excludes halogenated alkanes) is 2. The Kier molecular flexibility index (Phi) is 15.5. The second-order valence-corrected chi connectivity index (χ2v) is 18.6. The monoisotopic (exact) mass is 480 g/mol. The van der Waals surface area contributed by atoms with Crippen molar-refractivity contribution in [3.63, 3.8) is 0 Å². The predicted molar refractivity (Wildman–Crippen MR) is 98.8 cm³/mol. The van der Waals surface area contributed by atoms with Crippen LogP contribution in [0, 0.1) is 0 Å². The van der Waals surface area contributed by atoms with E-state index in [1.807, 2.05) is 0 Å². The van der Waals surface area contributed by atoms with Crippen LogP contribution in [-0.2, 0) is 35.8 Å². The summed E-state index contributed by atoms with van der Waals surface area (Å²) >= 11 is 1.45. The molecule has 0 N–H and O–H groups in total. The summed E-state index contributed by atoms with van der Waals surface area (Å²) in [7, 11) is 0. The van der Waals surface area contributed by atoms with Crippen LogP contribution >= 0.6 is 0 Å². The molecule has 22 heavy (non-hydrogen) atoms. The molecular formula is C20H32HfSi. The molecule has 2 heteroatoms. The Morgan fingerprint density at radius 2 is 1.23 bits per heavy atom. The van der Waals surface area contributed by atoms with Crippen LogP contribution in [0.1, 0.15) is 50.7 Å². The Bertz CT molecular complexity index is 398. The van der Waals surface area contributed by atoms with Gasteiger partial charge in [-0.05, 0) is 0 Å². The third-order valence-corrected chi connectivity index (χ3v) is 3.10. The van der Waals surface area contributed by atoms with Gasteiger partial charge in [-0.3, -0.25) is 0 Å². The molecule has 0 heterocycles. The van der Waals surface area contributed by atoms with Crippen LogP contribution in [0.25, 0.3) is 0 Å². The van der Waals surface area contributed by atoms with Crippen molar-refractivity contribution in [1.82, 2.24) is 0 Å². The van der Waals surface area contributed by atoms with Gasteiger partial charge in [-0.2, -0.15) is 47.5 Å². The third kappa shape index (κ3) is 14.7. The summed E-state index contributed by atoms with van der Waals surface area (Å²) in [6.07, 6.45) is 7.75. The first-order chi connectivity index (χ1) is 10.6. The van der Waals surface area contributed by atoms with Gasteiger partial charge in [0.2, 0.25) is 0 Å². The Hall–Kier alpha value is -0.213. The molecule has 120 valence electrons. The van der Waals surface area contributed by atoms with Gasteiger partial charge in [-0.1, -0.05) is 52.4 Å². The molecule has 0 aliphatic rings. The molecule has 0 atom stereocenters. The van der Waals surface area contributed by atoms with E-state index < -0.39 is 0 Å². The van der Waals surface area contributed by atoms with Crippen molar-refractivity contribution in [2.24, 2.45) is 0 Å². The number of hydrogen-bond donors (Lipinski definition) is 0. The molecule has 0 fully saturated rings. The first-order valence-corrected chi connectivity index (χ1v) is 16.4. The van der Waals surface area contributed by atoms with Crippen LogP contribution in [0.2, 0.25) is 13.1 Å². The van der Waals surface area contributed by atoms with E-state index in [0.717, 1.165) is 0 Å². The van der Waals surface area contributed by atoms with E-state index >= 15 is 0 Å². The van der Waals surface area contributed by atoms with Crippen molar-refractivity contribution in [2.75, 3.05) is 0 Å². The van der Waals surface area contributed by atoms with E-state index in [4.69, 9.17) is 0 Å². The van der Waals surface area contributed by atoms with Crippen molar-refractivity contribution >= 4 is 5.49 Å². The normalized spacial score (nSPS) is 9.36. The van der Waals surface area contributed by atoms with E-state index in [0.29, 0.717) is 0 Å². The Morgan fingerprint density at radius 1 is 0.864 bits per heavy atom. The molecule has 0 aliphatic carbocycles. The minimum atomic E-state index is 0.259. The zero-order valence-corrected chi connectivity index (χ0v) is 19.5. The Labute approximate surface area is 153 Å². The molecule has 2 rings (SSSR count). The molecular weight excluding hydrogens is 447 g/mol. The maximum absolute atomic E-state index is 2.33. The van der Waals surface area contributed by atoms with E-state index in [1.165, 1.54) is 72.7 Å². The predicted octanol–water partition coefficient (Wildman–Crippen LogP) is 6.28. The summed E-state index contributed by atoms with van der Waals surface area (Å²) in [6.45, 7) is 9.11. The number of rotatable bonds is 6. The van der Waals surface area contributed by atoms with Crippen LogP contribution in [0.5, 0.6) is 0 Å². The van der Waals surface area contributed by atoms with Crippen molar-refractivity contribution in [1.29, 1.82) is 0 Å². The molecule has 0 amide bonds. The van der Waals surface area contributed by atoms with E-state index in [9.17, 15) is 0 Å². The maximum atomic E-state index is 2.33. The van der Waals surface area contributed by atoms with Gasteiger partial charge in [-0.25, -0.2) is 12.1 Å². The number of hydrogen-bond acceptors (Lipinski definition) is 0. The molecule has 0 nitrogen and oxygen atoms in total. The van der Waals surface area contributed by atoms with Gasteiger partial charge in [-0.15, -0.1) is 0 Å². The van der Waals surface area contributed by atoms with Crippen molar-refractivity contribution < 1.29 is 23.0 Å². The van der Waals surface area contributed by atoms with Crippen LogP contribution in [-0.4, -0.2) is 5.49 Å². The zero-order chi connectivity index (χ0) is 16.6. The summed E-state index contributed by atoms with van der Waals surface area (Å²) < 4.78 is 0. The first-order valence-electron chi connectivity index (χ1n) is 8.53. The average molecular weight is 479 g/mol. The molecule has 0 aliphatic heterocycles. The van der Waals surface area contributed by atoms with Crippen molar-refractivity contribution in [3.05, 3.63) is 59.7 Å². The van der Waals surface area contributed by atoms with Gasteiger partial charge < -0.3 is 0 Å². The number of aryl methyl sites for hydroxylation is 2. The molecule has 0 bridgehead atoms.